The summed E-state index contributed by atoms with van der Waals surface area (Å²) < 4.78 is 5.49. The molecule has 0 bridgehead atoms. The average Bonchev–Trinajstić information content (AvgIpc) is 2.76. The van der Waals surface area contributed by atoms with Crippen LogP contribution in [-0.2, 0) is 0 Å². The summed E-state index contributed by atoms with van der Waals surface area (Å²) in [6.45, 7) is 2.58. The monoisotopic (exact) mass is 304 g/mol. The molecule has 1 aliphatic rings. The highest BCUT2D eigenvalue weighted by Gasteiger charge is 2.21. The van der Waals surface area contributed by atoms with Crippen LogP contribution in [0.4, 0.5) is 0 Å². The topological polar surface area (TPSA) is 58.7 Å². The van der Waals surface area contributed by atoms with Gasteiger partial charge in [-0.2, -0.15) is 0 Å². The van der Waals surface area contributed by atoms with E-state index in [9.17, 15) is 5.11 Å². The number of halogens is 2. The van der Waals surface area contributed by atoms with Crippen LogP contribution in [0, 0.1) is 0 Å². The lowest BCUT2D eigenvalue weighted by Crippen LogP contribution is -2.35. The van der Waals surface area contributed by atoms with E-state index < -0.39 is 6.10 Å². The molecule has 0 spiro atoms. The molecule has 0 aliphatic carbocycles. The number of nitrogens with zero attached hydrogens (tertiary/aromatic N) is 1. The van der Waals surface area contributed by atoms with E-state index in [1.807, 2.05) is 0 Å². The van der Waals surface area contributed by atoms with Gasteiger partial charge >= 0.3 is 0 Å². The van der Waals surface area contributed by atoms with Crippen LogP contribution in [0.3, 0.4) is 0 Å². The Bertz CT molecular complexity index is 431. The fourth-order valence-corrected chi connectivity index (χ4v) is 2.43. The number of hydrogen-bond acceptors (Lipinski definition) is 4. The molecular formula is C13H18Cl2N2O2. The zero-order valence-corrected chi connectivity index (χ0v) is 12.1. The van der Waals surface area contributed by atoms with Crippen LogP contribution in [-0.4, -0.2) is 48.4 Å². The summed E-state index contributed by atoms with van der Waals surface area (Å²) in [6, 6.07) is 5.27. The van der Waals surface area contributed by atoms with E-state index in [0.29, 0.717) is 22.3 Å². The van der Waals surface area contributed by atoms with E-state index in [1.165, 1.54) is 0 Å². The van der Waals surface area contributed by atoms with Crippen LogP contribution in [0.15, 0.2) is 18.2 Å². The van der Waals surface area contributed by atoms with Gasteiger partial charge in [0.1, 0.15) is 18.5 Å². The minimum atomic E-state index is -0.542. The van der Waals surface area contributed by atoms with Crippen molar-refractivity contribution in [2.45, 2.75) is 18.6 Å². The number of hydrogen-bond donors (Lipinski definition) is 2. The number of likely N-dealkylation sites (tertiary alicyclic amines) is 1. The van der Waals surface area contributed by atoms with Gasteiger partial charge in [-0.25, -0.2) is 0 Å². The molecule has 6 heteroatoms. The van der Waals surface area contributed by atoms with Gasteiger partial charge in [-0.3, -0.25) is 4.90 Å². The average molecular weight is 305 g/mol. The van der Waals surface area contributed by atoms with Gasteiger partial charge in [0.2, 0.25) is 0 Å². The van der Waals surface area contributed by atoms with Crippen molar-refractivity contribution in [3.63, 3.8) is 0 Å². The summed E-state index contributed by atoms with van der Waals surface area (Å²) >= 11 is 11.7. The smallest absolute Gasteiger partial charge is 0.121 e. The Hall–Kier alpha value is -0.520. The van der Waals surface area contributed by atoms with Gasteiger partial charge in [-0.1, -0.05) is 23.2 Å². The molecule has 1 fully saturated rings. The van der Waals surface area contributed by atoms with Crippen molar-refractivity contribution in [1.82, 2.24) is 4.90 Å². The molecule has 0 amide bonds. The van der Waals surface area contributed by atoms with Crippen molar-refractivity contribution in [3.05, 3.63) is 28.2 Å². The van der Waals surface area contributed by atoms with Gasteiger partial charge in [0.25, 0.3) is 0 Å². The standard InChI is InChI=1S/C13H18Cl2N2O2/c14-12-2-1-11(5-13(12)15)19-8-10(18)7-17-4-3-9(16)6-17/h1-2,5,9-10,18H,3-4,6-8,16H2/t9-,10+/m1/s1. The predicted octanol–water partition coefficient (Wildman–Crippen LogP) is 1.77. The van der Waals surface area contributed by atoms with Crippen molar-refractivity contribution >= 4 is 23.2 Å². The lowest BCUT2D eigenvalue weighted by atomic mass is 10.3. The Balaban J connectivity index is 1.76. The summed E-state index contributed by atoms with van der Waals surface area (Å²) in [6.07, 6.45) is 0.445. The van der Waals surface area contributed by atoms with Crippen molar-refractivity contribution in [2.75, 3.05) is 26.2 Å². The fraction of sp³-hybridized carbons (Fsp3) is 0.538. The highest BCUT2D eigenvalue weighted by molar-refractivity contribution is 6.42. The number of rotatable bonds is 5. The molecular weight excluding hydrogens is 287 g/mol. The summed E-state index contributed by atoms with van der Waals surface area (Å²) in [5.41, 5.74) is 5.81. The minimum absolute atomic E-state index is 0.225. The molecule has 1 saturated heterocycles. The van der Waals surface area contributed by atoms with E-state index in [0.717, 1.165) is 19.5 Å². The highest BCUT2D eigenvalue weighted by Crippen LogP contribution is 2.26. The molecule has 2 atom stereocenters. The Morgan fingerprint density at radius 1 is 1.42 bits per heavy atom. The molecule has 4 nitrogen and oxygen atoms in total. The summed E-state index contributed by atoms with van der Waals surface area (Å²) in [4.78, 5) is 2.15. The van der Waals surface area contributed by atoms with Crippen molar-refractivity contribution in [3.8, 4) is 5.75 Å². The highest BCUT2D eigenvalue weighted by atomic mass is 35.5. The zero-order valence-electron chi connectivity index (χ0n) is 10.6. The maximum atomic E-state index is 9.91. The number of benzene rings is 1. The van der Waals surface area contributed by atoms with E-state index in [1.54, 1.807) is 18.2 Å². The first-order valence-corrected chi connectivity index (χ1v) is 7.04. The quantitative estimate of drug-likeness (QED) is 0.870. The number of β-amino-alcohol motifs (C(OH)–C–C–N with tert-alkyl or cyclic N) is 1. The van der Waals surface area contributed by atoms with Crippen molar-refractivity contribution < 1.29 is 9.84 Å². The van der Waals surface area contributed by atoms with Crippen LogP contribution >= 0.6 is 23.2 Å². The molecule has 1 aliphatic heterocycles. The Labute approximate surface area is 123 Å². The van der Waals surface area contributed by atoms with E-state index in [2.05, 4.69) is 4.90 Å². The normalized spacial score (nSPS) is 21.6. The molecule has 2 rings (SSSR count). The van der Waals surface area contributed by atoms with Crippen molar-refractivity contribution in [1.29, 1.82) is 0 Å². The van der Waals surface area contributed by atoms with Gasteiger partial charge in [0.05, 0.1) is 10.0 Å². The number of ether oxygens (including phenoxy) is 1. The predicted molar refractivity (Wildman–Crippen MR) is 77.0 cm³/mol. The van der Waals surface area contributed by atoms with Crippen LogP contribution < -0.4 is 10.5 Å². The SMILES string of the molecule is N[C@@H]1CCN(C[C@H](O)COc2ccc(Cl)c(Cl)c2)C1. The zero-order chi connectivity index (χ0) is 13.8. The fourth-order valence-electron chi connectivity index (χ4n) is 2.14. The molecule has 19 heavy (non-hydrogen) atoms. The van der Waals surface area contributed by atoms with E-state index in [4.69, 9.17) is 33.7 Å². The van der Waals surface area contributed by atoms with Crippen molar-refractivity contribution in [2.24, 2.45) is 5.73 Å². The molecule has 0 saturated carbocycles. The first-order chi connectivity index (χ1) is 9.04. The Morgan fingerprint density at radius 3 is 2.84 bits per heavy atom. The minimum Gasteiger partial charge on any atom is -0.491 e. The first kappa shape index (κ1) is 14.9. The van der Waals surface area contributed by atoms with Crippen LogP contribution in [0.25, 0.3) is 0 Å². The number of aliphatic hydroxyl groups excluding tert-OH is 1. The van der Waals surface area contributed by atoms with Gasteiger partial charge < -0.3 is 15.6 Å². The number of nitrogens with two attached hydrogens (primary N) is 1. The lowest BCUT2D eigenvalue weighted by molar-refractivity contribution is 0.0755. The number of aliphatic hydroxyl groups is 1. The van der Waals surface area contributed by atoms with Gasteiger partial charge in [0.15, 0.2) is 0 Å². The second-order valence-corrected chi connectivity index (χ2v) is 5.66. The second-order valence-electron chi connectivity index (χ2n) is 4.85. The maximum absolute atomic E-state index is 9.91. The summed E-state index contributed by atoms with van der Waals surface area (Å²) in [7, 11) is 0. The van der Waals surface area contributed by atoms with E-state index >= 15 is 0 Å². The van der Waals surface area contributed by atoms with E-state index in [-0.39, 0.29) is 12.6 Å². The third-order valence-corrected chi connectivity index (χ3v) is 3.85. The molecule has 3 N–H and O–H groups in total. The Morgan fingerprint density at radius 2 is 2.21 bits per heavy atom. The third-order valence-electron chi connectivity index (χ3n) is 3.11. The van der Waals surface area contributed by atoms with Crippen LogP contribution in [0.5, 0.6) is 5.75 Å². The molecule has 0 unspecified atom stereocenters. The van der Waals surface area contributed by atoms with Crippen LogP contribution in [0.2, 0.25) is 10.0 Å². The first-order valence-electron chi connectivity index (χ1n) is 6.28. The van der Waals surface area contributed by atoms with Crippen LogP contribution in [0.1, 0.15) is 6.42 Å². The second kappa shape index (κ2) is 6.77. The van der Waals surface area contributed by atoms with Gasteiger partial charge in [0, 0.05) is 25.2 Å². The maximum Gasteiger partial charge on any atom is 0.121 e. The van der Waals surface area contributed by atoms with Gasteiger partial charge in [-0.05, 0) is 25.1 Å². The summed E-state index contributed by atoms with van der Waals surface area (Å²) in [5.74, 6) is 0.603. The molecule has 1 heterocycles. The molecule has 1 aromatic rings. The summed E-state index contributed by atoms with van der Waals surface area (Å²) in [5, 5.41) is 10.8. The lowest BCUT2D eigenvalue weighted by Gasteiger charge is -2.20. The van der Waals surface area contributed by atoms with Gasteiger partial charge in [-0.15, -0.1) is 0 Å². The molecule has 0 aromatic heterocycles. The third kappa shape index (κ3) is 4.51. The Kier molecular flexibility index (Phi) is 5.30. The molecule has 0 radical (unpaired) electrons. The largest absolute Gasteiger partial charge is 0.491 e. The molecule has 106 valence electrons. The molecule has 1 aromatic carbocycles.